The number of rotatable bonds is 1. The molecule has 0 aromatic heterocycles. The van der Waals surface area contributed by atoms with Crippen molar-refractivity contribution in [2.75, 3.05) is 0 Å². The first-order valence-electron chi connectivity index (χ1n) is 2.85. The monoisotopic (exact) mass is 122 g/mol. The van der Waals surface area contributed by atoms with Gasteiger partial charge < -0.3 is 0 Å². The standard InChI is InChI=1S/C7H8NO/c8-4-3-7-2-1-5-9-6-7/h3,5-6,8H,1-2H2/q+1. The van der Waals surface area contributed by atoms with Crippen LogP contribution < -0.4 is 0 Å². The highest BCUT2D eigenvalue weighted by molar-refractivity contribution is 5.57. The van der Waals surface area contributed by atoms with E-state index in [4.69, 9.17) is 9.83 Å². The first kappa shape index (κ1) is 5.99. The van der Waals surface area contributed by atoms with E-state index in [2.05, 4.69) is 5.87 Å². The summed E-state index contributed by atoms with van der Waals surface area (Å²) in [6.07, 6.45) is 6.91. The lowest BCUT2D eigenvalue weighted by Gasteiger charge is -1.89. The largest absolute Gasteiger partial charge is 0.321 e. The van der Waals surface area contributed by atoms with Gasteiger partial charge in [-0.3, -0.25) is 5.41 Å². The van der Waals surface area contributed by atoms with E-state index in [1.165, 1.54) is 0 Å². The van der Waals surface area contributed by atoms with Crippen molar-refractivity contribution in [2.24, 2.45) is 0 Å². The van der Waals surface area contributed by atoms with Crippen molar-refractivity contribution < 1.29 is 4.42 Å². The maximum Gasteiger partial charge on any atom is 0.321 e. The molecule has 1 aliphatic rings. The summed E-state index contributed by atoms with van der Waals surface area (Å²) in [5, 5.41) is 6.63. The molecule has 2 nitrogen and oxygen atoms in total. The Hall–Kier alpha value is -1.14. The quantitative estimate of drug-likeness (QED) is 0.308. The molecule has 46 valence electrons. The summed E-state index contributed by atoms with van der Waals surface area (Å²) in [7, 11) is 0. The molecule has 0 aromatic carbocycles. The number of carbonyl (C=O) groups excluding carboxylic acids is 1. The van der Waals surface area contributed by atoms with Gasteiger partial charge in [-0.15, -0.1) is 0 Å². The van der Waals surface area contributed by atoms with Crippen molar-refractivity contribution in [3.63, 3.8) is 0 Å². The molecule has 0 atom stereocenters. The molecule has 0 fully saturated rings. The van der Waals surface area contributed by atoms with Gasteiger partial charge >= 0.3 is 6.26 Å². The molecule has 0 saturated heterocycles. The third-order valence-electron chi connectivity index (χ3n) is 1.12. The lowest BCUT2D eigenvalue weighted by molar-refractivity contribution is -0.371. The van der Waals surface area contributed by atoms with E-state index in [-0.39, 0.29) is 0 Å². The number of nitrogens with one attached hydrogen (secondary N) is 1. The number of allylic oxidation sites excluding steroid dienone is 2. The molecule has 1 aliphatic heterocycles. The van der Waals surface area contributed by atoms with Crippen molar-refractivity contribution in [3.8, 4) is 0 Å². The third-order valence-corrected chi connectivity index (χ3v) is 1.12. The zero-order valence-corrected chi connectivity index (χ0v) is 5.05. The van der Waals surface area contributed by atoms with Crippen molar-refractivity contribution in [1.29, 1.82) is 5.41 Å². The van der Waals surface area contributed by atoms with Crippen LogP contribution in [0.25, 0.3) is 0 Å². The van der Waals surface area contributed by atoms with Crippen LogP contribution in [-0.4, -0.2) is 12.2 Å². The average molecular weight is 122 g/mol. The minimum absolute atomic E-state index is 0.935. The highest BCUT2D eigenvalue weighted by Gasteiger charge is 2.03. The van der Waals surface area contributed by atoms with Crippen LogP contribution in [0.5, 0.6) is 0 Å². The summed E-state index contributed by atoms with van der Waals surface area (Å²) in [6.45, 7) is 0. The molecule has 0 aromatic rings. The molecule has 0 bridgehead atoms. The second kappa shape index (κ2) is 3.00. The molecule has 0 spiro atoms. The summed E-state index contributed by atoms with van der Waals surface area (Å²) in [6, 6.07) is 0. The van der Waals surface area contributed by atoms with Crippen molar-refractivity contribution in [2.45, 2.75) is 12.8 Å². The Morgan fingerprint density at radius 2 is 2.67 bits per heavy atom. The first-order valence-corrected chi connectivity index (χ1v) is 2.85. The summed E-state index contributed by atoms with van der Waals surface area (Å²) in [4.78, 5) is 0. The van der Waals surface area contributed by atoms with E-state index < -0.39 is 0 Å². The topological polar surface area (TPSA) is 35.2 Å². The van der Waals surface area contributed by atoms with E-state index in [9.17, 15) is 0 Å². The van der Waals surface area contributed by atoms with E-state index in [1.54, 1.807) is 18.6 Å². The predicted molar refractivity (Wildman–Crippen MR) is 35.7 cm³/mol. The summed E-state index contributed by atoms with van der Waals surface area (Å²) < 4.78 is 4.89. The van der Waals surface area contributed by atoms with Gasteiger partial charge in [0.15, 0.2) is 0 Å². The molecule has 0 unspecified atom stereocenters. The van der Waals surface area contributed by atoms with E-state index in [0.717, 1.165) is 18.4 Å². The van der Waals surface area contributed by atoms with Crippen LogP contribution in [-0.2, 0) is 4.42 Å². The number of hydrogen-bond acceptors (Lipinski definition) is 1. The summed E-state index contributed by atoms with van der Waals surface area (Å²) in [5.41, 5.74) is 1.03. The molecule has 0 radical (unpaired) electrons. The smallest absolute Gasteiger partial charge is 0.259 e. The Morgan fingerprint density at radius 3 is 3.22 bits per heavy atom. The Bertz CT molecular complexity index is 197. The average Bonchev–Trinajstić information content (AvgIpc) is 1.91. The SMILES string of the molecule is N=C=CC1=C[O+]=CCC1. The maximum atomic E-state index is 6.63. The number of hydrogen-bond donors (Lipinski definition) is 1. The fraction of sp³-hybridized carbons (Fsp3) is 0.286. The van der Waals surface area contributed by atoms with Crippen LogP contribution in [0.2, 0.25) is 0 Å². The normalized spacial score (nSPS) is 16.2. The molecule has 0 aliphatic carbocycles. The van der Waals surface area contributed by atoms with E-state index in [1.807, 2.05) is 0 Å². The van der Waals surface area contributed by atoms with Gasteiger partial charge in [0.25, 0.3) is 6.29 Å². The van der Waals surface area contributed by atoms with Crippen LogP contribution >= 0.6 is 0 Å². The third kappa shape index (κ3) is 1.67. The van der Waals surface area contributed by atoms with Gasteiger partial charge in [-0.2, -0.15) is 0 Å². The zero-order chi connectivity index (χ0) is 6.53. The van der Waals surface area contributed by atoms with Crippen LogP contribution in [0.3, 0.4) is 0 Å². The molecular weight excluding hydrogens is 114 g/mol. The fourth-order valence-electron chi connectivity index (χ4n) is 0.687. The van der Waals surface area contributed by atoms with Gasteiger partial charge in [0.1, 0.15) is 0 Å². The Kier molecular flexibility index (Phi) is 2.00. The highest BCUT2D eigenvalue weighted by atomic mass is 16.4. The minimum atomic E-state index is 0.935. The lowest BCUT2D eigenvalue weighted by Crippen LogP contribution is -1.89. The molecule has 1 heterocycles. The van der Waals surface area contributed by atoms with Gasteiger partial charge in [-0.05, 0) is 12.3 Å². The van der Waals surface area contributed by atoms with E-state index >= 15 is 0 Å². The highest BCUT2D eigenvalue weighted by Crippen LogP contribution is 2.05. The second-order valence-electron chi connectivity index (χ2n) is 1.82. The summed E-state index contributed by atoms with van der Waals surface area (Å²) >= 11 is 0. The molecule has 0 saturated carbocycles. The maximum absolute atomic E-state index is 6.63. The Morgan fingerprint density at radius 1 is 1.78 bits per heavy atom. The molecule has 9 heavy (non-hydrogen) atoms. The zero-order valence-electron chi connectivity index (χ0n) is 5.05. The van der Waals surface area contributed by atoms with Crippen LogP contribution in [0, 0.1) is 5.41 Å². The van der Waals surface area contributed by atoms with Crippen molar-refractivity contribution >= 4 is 12.2 Å². The molecular formula is C7H8NO+. The van der Waals surface area contributed by atoms with Gasteiger partial charge in [-0.1, -0.05) is 0 Å². The first-order chi connectivity index (χ1) is 4.43. The van der Waals surface area contributed by atoms with Crippen molar-refractivity contribution in [3.05, 3.63) is 17.9 Å². The molecule has 0 amide bonds. The van der Waals surface area contributed by atoms with Crippen molar-refractivity contribution in [1.82, 2.24) is 0 Å². The predicted octanol–water partition coefficient (Wildman–Crippen LogP) is 1.20. The van der Waals surface area contributed by atoms with Crippen LogP contribution in [0.1, 0.15) is 12.8 Å². The molecule has 1 N–H and O–H groups in total. The Balaban J connectivity index is 2.68. The Labute approximate surface area is 53.7 Å². The van der Waals surface area contributed by atoms with Gasteiger partial charge in [0, 0.05) is 6.08 Å². The van der Waals surface area contributed by atoms with Gasteiger partial charge in [0.05, 0.1) is 12.0 Å². The van der Waals surface area contributed by atoms with Gasteiger partial charge in [0.2, 0.25) is 0 Å². The second-order valence-corrected chi connectivity index (χ2v) is 1.82. The molecule has 2 heteroatoms. The van der Waals surface area contributed by atoms with Gasteiger partial charge in [-0.25, -0.2) is 4.42 Å². The number of aldehydes is 1. The van der Waals surface area contributed by atoms with E-state index in [0.29, 0.717) is 0 Å². The minimum Gasteiger partial charge on any atom is -0.259 e. The lowest BCUT2D eigenvalue weighted by atomic mass is 10.1. The summed E-state index contributed by atoms with van der Waals surface area (Å²) in [5.74, 6) is 2.20. The van der Waals surface area contributed by atoms with Crippen LogP contribution in [0.4, 0.5) is 0 Å². The fourth-order valence-corrected chi connectivity index (χ4v) is 0.687. The molecule has 1 rings (SSSR count). The van der Waals surface area contributed by atoms with Crippen LogP contribution in [0.15, 0.2) is 17.9 Å².